The number of aliphatic hydroxyl groups excluding tert-OH is 1. The van der Waals surface area contributed by atoms with Crippen LogP contribution in [0.3, 0.4) is 0 Å². The van der Waals surface area contributed by atoms with Gasteiger partial charge in [0.05, 0.1) is 19.2 Å². The van der Waals surface area contributed by atoms with Crippen LogP contribution in [-0.2, 0) is 6.54 Å². The Bertz CT molecular complexity index is 560. The number of furan rings is 1. The fourth-order valence-corrected chi connectivity index (χ4v) is 2.14. The molecule has 0 spiro atoms. The van der Waals surface area contributed by atoms with Gasteiger partial charge in [-0.25, -0.2) is 0 Å². The molecule has 0 aromatic carbocycles. The molecule has 0 aliphatic heterocycles. The van der Waals surface area contributed by atoms with Crippen molar-refractivity contribution in [1.29, 1.82) is 0 Å². The molecule has 6 heteroatoms. The van der Waals surface area contributed by atoms with E-state index < -0.39 is 0 Å². The Morgan fingerprint density at radius 3 is 2.90 bits per heavy atom. The first-order chi connectivity index (χ1) is 10.1. The minimum absolute atomic E-state index is 0.0786. The summed E-state index contributed by atoms with van der Waals surface area (Å²) >= 11 is 0. The van der Waals surface area contributed by atoms with Crippen molar-refractivity contribution < 1.29 is 14.3 Å². The maximum atomic E-state index is 12.1. The molecular formula is C15H21N3O3. The van der Waals surface area contributed by atoms with Crippen LogP contribution in [-0.4, -0.2) is 33.4 Å². The summed E-state index contributed by atoms with van der Waals surface area (Å²) in [7, 11) is 0. The van der Waals surface area contributed by atoms with Gasteiger partial charge in [0.15, 0.2) is 5.76 Å². The van der Waals surface area contributed by atoms with E-state index in [1.54, 1.807) is 23.0 Å². The first-order valence-electron chi connectivity index (χ1n) is 7.06. The average Bonchev–Trinajstić information content (AvgIpc) is 3.09. The van der Waals surface area contributed by atoms with Gasteiger partial charge in [-0.3, -0.25) is 9.48 Å². The minimum atomic E-state index is -0.304. The normalized spacial score (nSPS) is 12.6. The number of carbonyl (C=O) groups is 1. The summed E-state index contributed by atoms with van der Waals surface area (Å²) in [4.78, 5) is 12.1. The summed E-state index contributed by atoms with van der Waals surface area (Å²) in [6.07, 6.45) is 4.24. The fraction of sp³-hybridized carbons (Fsp3) is 0.467. The van der Waals surface area contributed by atoms with Crippen molar-refractivity contribution in [2.75, 3.05) is 6.61 Å². The predicted molar refractivity (Wildman–Crippen MR) is 77.8 cm³/mol. The molecule has 6 nitrogen and oxygen atoms in total. The van der Waals surface area contributed by atoms with Crippen LogP contribution in [0.2, 0.25) is 0 Å². The Morgan fingerprint density at radius 1 is 1.48 bits per heavy atom. The standard InChI is InChI=1S/C15H21N3O3/c1-11(2)8-12(10-19)17-15(20)14-5-4-13(21-14)9-18-7-3-6-16-18/h3-7,11-12,19H,8-10H2,1-2H3,(H,17,20). The van der Waals surface area contributed by atoms with Crippen molar-refractivity contribution in [1.82, 2.24) is 15.1 Å². The molecule has 0 saturated carbocycles. The lowest BCUT2D eigenvalue weighted by Gasteiger charge is -2.17. The number of nitrogens with zero attached hydrogens (tertiary/aromatic N) is 2. The number of hydrogen-bond donors (Lipinski definition) is 2. The third-order valence-corrected chi connectivity index (χ3v) is 3.07. The largest absolute Gasteiger partial charge is 0.454 e. The van der Waals surface area contributed by atoms with Gasteiger partial charge in [-0.05, 0) is 30.5 Å². The average molecular weight is 291 g/mol. The van der Waals surface area contributed by atoms with Crippen LogP contribution in [0.4, 0.5) is 0 Å². The highest BCUT2D eigenvalue weighted by Crippen LogP contribution is 2.11. The lowest BCUT2D eigenvalue weighted by atomic mass is 10.0. The van der Waals surface area contributed by atoms with E-state index in [4.69, 9.17) is 4.42 Å². The Kier molecular flexibility index (Phi) is 5.16. The number of hydrogen-bond acceptors (Lipinski definition) is 4. The van der Waals surface area contributed by atoms with Gasteiger partial charge < -0.3 is 14.8 Å². The molecule has 0 radical (unpaired) electrons. The van der Waals surface area contributed by atoms with E-state index in [2.05, 4.69) is 10.4 Å². The first-order valence-corrected chi connectivity index (χ1v) is 7.06. The highest BCUT2D eigenvalue weighted by Gasteiger charge is 2.17. The van der Waals surface area contributed by atoms with E-state index in [0.29, 0.717) is 18.2 Å². The smallest absolute Gasteiger partial charge is 0.287 e. The van der Waals surface area contributed by atoms with Crippen molar-refractivity contribution in [2.24, 2.45) is 5.92 Å². The van der Waals surface area contributed by atoms with E-state index in [1.165, 1.54) is 0 Å². The quantitative estimate of drug-likeness (QED) is 0.813. The number of amides is 1. The van der Waals surface area contributed by atoms with Crippen molar-refractivity contribution in [3.8, 4) is 0 Å². The van der Waals surface area contributed by atoms with Gasteiger partial charge in [-0.2, -0.15) is 5.10 Å². The van der Waals surface area contributed by atoms with Crippen molar-refractivity contribution >= 4 is 5.91 Å². The maximum absolute atomic E-state index is 12.1. The Hall–Kier alpha value is -2.08. The summed E-state index contributed by atoms with van der Waals surface area (Å²) < 4.78 is 7.23. The molecule has 2 aromatic rings. The van der Waals surface area contributed by atoms with Crippen molar-refractivity contribution in [2.45, 2.75) is 32.9 Å². The molecule has 0 fully saturated rings. The van der Waals surface area contributed by atoms with Crippen LogP contribution in [0.5, 0.6) is 0 Å². The third kappa shape index (κ3) is 4.46. The van der Waals surface area contributed by atoms with Crippen LogP contribution in [0, 0.1) is 5.92 Å². The molecule has 0 bridgehead atoms. The molecule has 114 valence electrons. The van der Waals surface area contributed by atoms with E-state index >= 15 is 0 Å². The SMILES string of the molecule is CC(C)CC(CO)NC(=O)c1ccc(Cn2cccn2)o1. The van der Waals surface area contributed by atoms with Crippen LogP contribution in [0.15, 0.2) is 35.0 Å². The zero-order valence-corrected chi connectivity index (χ0v) is 12.3. The fourth-order valence-electron chi connectivity index (χ4n) is 2.14. The van der Waals surface area contributed by atoms with Crippen LogP contribution in [0.1, 0.15) is 36.6 Å². The first kappa shape index (κ1) is 15.3. The van der Waals surface area contributed by atoms with Gasteiger partial charge in [0.1, 0.15) is 5.76 Å². The summed E-state index contributed by atoms with van der Waals surface area (Å²) in [5.41, 5.74) is 0. The van der Waals surface area contributed by atoms with Crippen molar-refractivity contribution in [3.05, 3.63) is 42.1 Å². The van der Waals surface area contributed by atoms with E-state index in [-0.39, 0.29) is 24.3 Å². The highest BCUT2D eigenvalue weighted by molar-refractivity contribution is 5.91. The third-order valence-electron chi connectivity index (χ3n) is 3.07. The molecule has 0 aliphatic rings. The zero-order valence-electron chi connectivity index (χ0n) is 12.3. The Labute approximate surface area is 123 Å². The lowest BCUT2D eigenvalue weighted by Crippen LogP contribution is -2.38. The molecule has 0 saturated heterocycles. The Morgan fingerprint density at radius 2 is 2.29 bits per heavy atom. The second-order valence-corrected chi connectivity index (χ2v) is 5.45. The maximum Gasteiger partial charge on any atom is 0.287 e. The molecule has 2 aromatic heterocycles. The number of carbonyl (C=O) groups excluding carboxylic acids is 1. The molecule has 2 N–H and O–H groups in total. The molecule has 1 atom stereocenters. The minimum Gasteiger partial charge on any atom is -0.454 e. The van der Waals surface area contributed by atoms with Crippen LogP contribution >= 0.6 is 0 Å². The lowest BCUT2D eigenvalue weighted by molar-refractivity contribution is 0.0878. The molecule has 21 heavy (non-hydrogen) atoms. The Balaban J connectivity index is 1.95. The highest BCUT2D eigenvalue weighted by atomic mass is 16.4. The van der Waals surface area contributed by atoms with Crippen molar-refractivity contribution in [3.63, 3.8) is 0 Å². The molecule has 1 amide bonds. The number of aliphatic hydroxyl groups is 1. The summed E-state index contributed by atoms with van der Waals surface area (Å²) in [6.45, 7) is 4.49. The number of aromatic nitrogens is 2. The van der Waals surface area contributed by atoms with E-state index in [9.17, 15) is 9.90 Å². The van der Waals surface area contributed by atoms with E-state index in [0.717, 1.165) is 6.42 Å². The molecule has 2 heterocycles. The monoisotopic (exact) mass is 291 g/mol. The topological polar surface area (TPSA) is 80.3 Å². The van der Waals surface area contributed by atoms with Gasteiger partial charge in [0.2, 0.25) is 0 Å². The van der Waals surface area contributed by atoms with Gasteiger partial charge in [0, 0.05) is 12.4 Å². The number of rotatable bonds is 7. The second kappa shape index (κ2) is 7.08. The number of nitrogens with one attached hydrogen (secondary N) is 1. The van der Waals surface area contributed by atoms with Crippen LogP contribution in [0.25, 0.3) is 0 Å². The van der Waals surface area contributed by atoms with Crippen LogP contribution < -0.4 is 5.32 Å². The van der Waals surface area contributed by atoms with Gasteiger partial charge in [-0.1, -0.05) is 13.8 Å². The summed E-state index contributed by atoms with van der Waals surface area (Å²) in [6, 6.07) is 4.97. The van der Waals surface area contributed by atoms with Gasteiger partial charge in [-0.15, -0.1) is 0 Å². The van der Waals surface area contributed by atoms with Gasteiger partial charge in [0.25, 0.3) is 5.91 Å². The van der Waals surface area contributed by atoms with Gasteiger partial charge >= 0.3 is 0 Å². The predicted octanol–water partition coefficient (Wildman–Crippen LogP) is 1.66. The molecule has 2 rings (SSSR count). The molecule has 0 aliphatic carbocycles. The van der Waals surface area contributed by atoms with E-state index in [1.807, 2.05) is 26.1 Å². The molecule has 1 unspecified atom stereocenters. The molecular weight excluding hydrogens is 270 g/mol. The summed E-state index contributed by atoms with van der Waals surface area (Å²) in [5, 5.41) is 16.2. The zero-order chi connectivity index (χ0) is 15.2. The summed E-state index contributed by atoms with van der Waals surface area (Å²) in [5.74, 6) is 1.00. The second-order valence-electron chi connectivity index (χ2n) is 5.45.